The van der Waals surface area contributed by atoms with Gasteiger partial charge < -0.3 is 24.8 Å². The molecule has 0 fully saturated rings. The van der Waals surface area contributed by atoms with E-state index in [-0.39, 0.29) is 12.5 Å². The van der Waals surface area contributed by atoms with Crippen molar-refractivity contribution in [1.82, 2.24) is 5.32 Å². The Kier molecular flexibility index (Phi) is 8.39. The van der Waals surface area contributed by atoms with Crippen molar-refractivity contribution in [2.75, 3.05) is 39.3 Å². The molecule has 0 heterocycles. The Balaban J connectivity index is 1.95. The van der Waals surface area contributed by atoms with E-state index in [2.05, 4.69) is 10.6 Å². The van der Waals surface area contributed by atoms with Gasteiger partial charge in [0.25, 0.3) is 5.91 Å². The van der Waals surface area contributed by atoms with E-state index in [1.165, 1.54) is 0 Å². The van der Waals surface area contributed by atoms with Gasteiger partial charge in [0.15, 0.2) is 18.1 Å². The largest absolute Gasteiger partial charge is 0.493 e. The summed E-state index contributed by atoms with van der Waals surface area (Å²) in [4.78, 5) is 12.1. The first kappa shape index (κ1) is 21.0. The molecule has 2 N–H and O–H groups in total. The lowest BCUT2D eigenvalue weighted by Gasteiger charge is -2.14. The third kappa shape index (κ3) is 6.75. The second kappa shape index (κ2) is 10.8. The first-order chi connectivity index (χ1) is 13.0. The number of carbonyl (C=O) groups is 1. The van der Waals surface area contributed by atoms with Crippen LogP contribution in [0, 0.1) is 6.92 Å². The fourth-order valence-electron chi connectivity index (χ4n) is 2.36. The van der Waals surface area contributed by atoms with E-state index >= 15 is 0 Å². The Morgan fingerprint density at radius 3 is 2.52 bits per heavy atom. The summed E-state index contributed by atoms with van der Waals surface area (Å²) in [6.07, 6.45) is 0. The van der Waals surface area contributed by atoms with Gasteiger partial charge in [0.2, 0.25) is 0 Å². The molecule has 7 heteroatoms. The van der Waals surface area contributed by atoms with Gasteiger partial charge in [0.05, 0.1) is 13.7 Å². The topological polar surface area (TPSA) is 68.8 Å². The molecule has 0 aliphatic rings. The number of hydrogen-bond acceptors (Lipinski definition) is 5. The molecule has 2 rings (SSSR count). The minimum absolute atomic E-state index is 0.147. The number of aryl methyl sites for hydroxylation is 1. The van der Waals surface area contributed by atoms with Gasteiger partial charge in [-0.2, -0.15) is 0 Å². The number of nitrogens with one attached hydrogen (secondary N) is 2. The van der Waals surface area contributed by atoms with Crippen molar-refractivity contribution in [3.63, 3.8) is 0 Å². The predicted molar refractivity (Wildman–Crippen MR) is 107 cm³/mol. The number of benzene rings is 2. The van der Waals surface area contributed by atoms with E-state index in [0.717, 1.165) is 16.8 Å². The second-order valence-corrected chi connectivity index (χ2v) is 6.37. The van der Waals surface area contributed by atoms with Crippen molar-refractivity contribution >= 4 is 23.2 Å². The van der Waals surface area contributed by atoms with E-state index in [1.807, 2.05) is 31.2 Å². The van der Waals surface area contributed by atoms with Crippen LogP contribution in [-0.2, 0) is 16.1 Å². The average molecular weight is 393 g/mol. The molecule has 2 aromatic carbocycles. The summed E-state index contributed by atoms with van der Waals surface area (Å²) in [7, 11) is 3.20. The summed E-state index contributed by atoms with van der Waals surface area (Å²) in [5.74, 6) is 0.676. The van der Waals surface area contributed by atoms with Gasteiger partial charge in [-0.3, -0.25) is 4.79 Å². The van der Waals surface area contributed by atoms with Crippen LogP contribution >= 0.6 is 11.6 Å². The van der Waals surface area contributed by atoms with E-state index in [4.69, 9.17) is 25.8 Å². The third-order valence-electron chi connectivity index (χ3n) is 3.83. The summed E-state index contributed by atoms with van der Waals surface area (Å²) in [6.45, 7) is 3.75. The van der Waals surface area contributed by atoms with Crippen LogP contribution in [0.2, 0.25) is 5.02 Å². The molecule has 2 aromatic rings. The van der Waals surface area contributed by atoms with Crippen molar-refractivity contribution in [3.8, 4) is 11.5 Å². The molecule has 0 aromatic heterocycles. The van der Waals surface area contributed by atoms with Crippen LogP contribution in [0.1, 0.15) is 11.1 Å². The molecule has 0 unspecified atom stereocenters. The lowest BCUT2D eigenvalue weighted by molar-refractivity contribution is -0.118. The number of anilines is 1. The number of halogens is 1. The van der Waals surface area contributed by atoms with Gasteiger partial charge in [-0.05, 0) is 30.7 Å². The van der Waals surface area contributed by atoms with E-state index in [1.54, 1.807) is 26.4 Å². The van der Waals surface area contributed by atoms with Gasteiger partial charge in [-0.15, -0.1) is 0 Å². The van der Waals surface area contributed by atoms with E-state index in [9.17, 15) is 4.79 Å². The quantitative estimate of drug-likeness (QED) is 0.606. The summed E-state index contributed by atoms with van der Waals surface area (Å²) >= 11 is 6.32. The van der Waals surface area contributed by atoms with Crippen molar-refractivity contribution < 1.29 is 19.0 Å². The van der Waals surface area contributed by atoms with Crippen molar-refractivity contribution in [2.24, 2.45) is 0 Å². The molecular formula is C20H25ClN2O4. The van der Waals surface area contributed by atoms with Gasteiger partial charge >= 0.3 is 0 Å². The lowest BCUT2D eigenvalue weighted by Crippen LogP contribution is -2.20. The number of hydrogen-bond donors (Lipinski definition) is 2. The molecule has 27 heavy (non-hydrogen) atoms. The summed E-state index contributed by atoms with van der Waals surface area (Å²) in [5, 5.41) is 6.55. The Labute approximate surface area is 164 Å². The van der Waals surface area contributed by atoms with Gasteiger partial charge in [0.1, 0.15) is 0 Å². The summed E-state index contributed by atoms with van der Waals surface area (Å²) < 4.78 is 16.0. The molecule has 1 amide bonds. The van der Waals surface area contributed by atoms with Crippen molar-refractivity contribution in [1.29, 1.82) is 0 Å². The third-order valence-corrected chi connectivity index (χ3v) is 4.18. The average Bonchev–Trinajstić information content (AvgIpc) is 2.66. The van der Waals surface area contributed by atoms with Crippen LogP contribution in [0.3, 0.4) is 0 Å². The SMILES string of the molecule is COCCNCc1cc(OC)c(OCC(=O)Nc2ccc(C)cc2)cc1Cl. The molecule has 0 radical (unpaired) electrons. The number of carbonyl (C=O) groups excluding carboxylic acids is 1. The zero-order valence-electron chi connectivity index (χ0n) is 15.8. The highest BCUT2D eigenvalue weighted by Gasteiger charge is 2.12. The Morgan fingerprint density at radius 1 is 1.11 bits per heavy atom. The van der Waals surface area contributed by atoms with Gasteiger partial charge in [-0.25, -0.2) is 0 Å². The zero-order valence-corrected chi connectivity index (χ0v) is 16.6. The maximum atomic E-state index is 12.1. The standard InChI is InChI=1S/C20H25ClN2O4/c1-14-4-6-16(7-5-14)23-20(24)13-27-19-11-17(21)15(10-18(19)26-3)12-22-8-9-25-2/h4-7,10-11,22H,8-9,12-13H2,1-3H3,(H,23,24). The molecule has 0 spiro atoms. The molecule has 0 aliphatic heterocycles. The minimum Gasteiger partial charge on any atom is -0.493 e. The second-order valence-electron chi connectivity index (χ2n) is 5.97. The Morgan fingerprint density at radius 2 is 1.85 bits per heavy atom. The molecule has 6 nitrogen and oxygen atoms in total. The Bertz CT molecular complexity index is 750. The van der Waals surface area contributed by atoms with E-state index < -0.39 is 0 Å². The maximum absolute atomic E-state index is 12.1. The predicted octanol–water partition coefficient (Wildman–Crippen LogP) is 3.41. The molecule has 0 saturated carbocycles. The Hall–Kier alpha value is -2.28. The van der Waals surface area contributed by atoms with Crippen LogP contribution in [-0.4, -0.2) is 39.9 Å². The van der Waals surface area contributed by atoms with Crippen LogP contribution in [0.15, 0.2) is 36.4 Å². The van der Waals surface area contributed by atoms with Crippen LogP contribution in [0.4, 0.5) is 5.69 Å². The number of ether oxygens (including phenoxy) is 3. The molecule has 0 atom stereocenters. The highest BCUT2D eigenvalue weighted by molar-refractivity contribution is 6.31. The van der Waals surface area contributed by atoms with Gasteiger partial charge in [-0.1, -0.05) is 29.3 Å². The zero-order chi connectivity index (χ0) is 19.6. The molecule has 146 valence electrons. The molecule has 0 aliphatic carbocycles. The highest BCUT2D eigenvalue weighted by Crippen LogP contribution is 2.33. The highest BCUT2D eigenvalue weighted by atomic mass is 35.5. The van der Waals surface area contributed by atoms with Crippen molar-refractivity contribution in [3.05, 3.63) is 52.5 Å². The number of rotatable bonds is 10. The first-order valence-corrected chi connectivity index (χ1v) is 8.96. The molecule has 0 saturated heterocycles. The summed E-state index contributed by atoms with van der Waals surface area (Å²) in [5.41, 5.74) is 2.72. The molecular weight excluding hydrogens is 368 g/mol. The van der Waals surface area contributed by atoms with Crippen LogP contribution in [0.25, 0.3) is 0 Å². The first-order valence-electron chi connectivity index (χ1n) is 8.59. The minimum atomic E-state index is -0.262. The monoisotopic (exact) mass is 392 g/mol. The lowest BCUT2D eigenvalue weighted by atomic mass is 10.2. The maximum Gasteiger partial charge on any atom is 0.262 e. The summed E-state index contributed by atoms with van der Waals surface area (Å²) in [6, 6.07) is 11.0. The number of methoxy groups -OCH3 is 2. The van der Waals surface area contributed by atoms with E-state index in [0.29, 0.717) is 36.2 Å². The smallest absolute Gasteiger partial charge is 0.262 e. The van der Waals surface area contributed by atoms with Gasteiger partial charge in [0, 0.05) is 37.0 Å². The molecule has 0 bridgehead atoms. The van der Waals surface area contributed by atoms with Crippen LogP contribution in [0.5, 0.6) is 11.5 Å². The normalized spacial score (nSPS) is 10.5. The fraction of sp³-hybridized carbons (Fsp3) is 0.350. The fourth-order valence-corrected chi connectivity index (χ4v) is 2.58. The van der Waals surface area contributed by atoms with Crippen molar-refractivity contribution in [2.45, 2.75) is 13.5 Å². The number of amides is 1. The van der Waals surface area contributed by atoms with Crippen LogP contribution < -0.4 is 20.1 Å².